The molecule has 0 aliphatic rings. The van der Waals surface area contributed by atoms with Gasteiger partial charge in [-0.3, -0.25) is 4.79 Å². The summed E-state index contributed by atoms with van der Waals surface area (Å²) in [5.74, 6) is 2.76. The maximum Gasteiger partial charge on any atom is 0.222 e. The van der Waals surface area contributed by atoms with Gasteiger partial charge < -0.3 is 24.3 Å². The topological polar surface area (TPSA) is 118 Å². The molecule has 1 aromatic heterocycles. The van der Waals surface area contributed by atoms with Crippen LogP contribution in [0.25, 0.3) is 11.4 Å². The van der Waals surface area contributed by atoms with Crippen molar-refractivity contribution in [3.05, 3.63) is 36.2 Å². The molecule has 10 heteroatoms. The first-order valence-electron chi connectivity index (χ1n) is 9.90. The van der Waals surface area contributed by atoms with Gasteiger partial charge in [-0.15, -0.1) is 26.8 Å². The Morgan fingerprint density at radius 3 is 2.06 bits per heavy atom. The van der Waals surface area contributed by atoms with Crippen molar-refractivity contribution in [2.75, 3.05) is 52.9 Å². The molecule has 0 saturated heterocycles. The van der Waals surface area contributed by atoms with Crippen LogP contribution in [-0.2, 0) is 30.3 Å². The van der Waals surface area contributed by atoms with Gasteiger partial charge in [0.1, 0.15) is 6.61 Å². The molecule has 0 saturated carbocycles. The lowest BCUT2D eigenvalue weighted by molar-refractivity contribution is -0.122. The molecule has 2 aromatic rings. The minimum absolute atomic E-state index is 0.0785. The molecule has 166 valence electrons. The van der Waals surface area contributed by atoms with Gasteiger partial charge in [-0.2, -0.15) is 0 Å². The highest BCUT2D eigenvalue weighted by atomic mass is 16.6. The number of carbonyl (C=O) groups excluding carboxylic acids is 1. The largest absolute Gasteiger partial charge is 0.379 e. The number of hydrogen-bond donors (Lipinski definition) is 1. The Bertz CT molecular complexity index is 783. The SMILES string of the molecule is C#CCOCCOCCOCCOCCC(=O)NCc1ccc(-c2nncnn2)cc1. The fourth-order valence-corrected chi connectivity index (χ4v) is 2.34. The third kappa shape index (κ3) is 11.1. The van der Waals surface area contributed by atoms with Gasteiger partial charge in [0.15, 0.2) is 6.33 Å². The Hall–Kier alpha value is -2.97. The number of terminal acetylenes is 1. The van der Waals surface area contributed by atoms with E-state index in [1.54, 1.807) is 0 Å². The van der Waals surface area contributed by atoms with E-state index in [1.165, 1.54) is 6.33 Å². The Kier molecular flexibility index (Phi) is 12.4. The molecule has 0 unspecified atom stereocenters. The normalized spacial score (nSPS) is 10.5. The van der Waals surface area contributed by atoms with E-state index in [1.807, 2.05) is 24.3 Å². The van der Waals surface area contributed by atoms with Gasteiger partial charge in [-0.1, -0.05) is 30.2 Å². The summed E-state index contributed by atoms with van der Waals surface area (Å²) in [7, 11) is 0. The number of ether oxygens (including phenoxy) is 4. The van der Waals surface area contributed by atoms with E-state index in [0.717, 1.165) is 11.1 Å². The van der Waals surface area contributed by atoms with Crippen LogP contribution in [0.1, 0.15) is 12.0 Å². The zero-order valence-corrected chi connectivity index (χ0v) is 17.4. The van der Waals surface area contributed by atoms with Crippen LogP contribution in [0.15, 0.2) is 30.6 Å². The van der Waals surface area contributed by atoms with Crippen molar-refractivity contribution >= 4 is 5.91 Å². The first kappa shape index (κ1) is 24.3. The highest BCUT2D eigenvalue weighted by molar-refractivity contribution is 5.75. The van der Waals surface area contributed by atoms with Gasteiger partial charge in [0.2, 0.25) is 11.7 Å². The maximum atomic E-state index is 11.9. The summed E-state index contributed by atoms with van der Waals surface area (Å²) in [6.45, 7) is 3.84. The quantitative estimate of drug-likeness (QED) is 0.303. The Morgan fingerprint density at radius 1 is 0.871 bits per heavy atom. The standard InChI is InChI=1S/C21H27N5O5/c1-2-8-28-10-12-30-14-15-31-13-11-29-9-7-20(27)22-16-18-3-5-19(6-4-18)21-25-23-17-24-26-21/h1,3-6,17H,7-16H2,(H,22,27). The molecule has 1 N–H and O–H groups in total. The van der Waals surface area contributed by atoms with E-state index in [9.17, 15) is 4.79 Å². The maximum absolute atomic E-state index is 11.9. The van der Waals surface area contributed by atoms with E-state index in [4.69, 9.17) is 25.4 Å². The molecule has 1 heterocycles. The minimum atomic E-state index is -0.0785. The number of nitrogens with one attached hydrogen (secondary N) is 1. The van der Waals surface area contributed by atoms with E-state index in [-0.39, 0.29) is 12.3 Å². The summed E-state index contributed by atoms with van der Waals surface area (Å²) >= 11 is 0. The highest BCUT2D eigenvalue weighted by Crippen LogP contribution is 2.13. The molecule has 31 heavy (non-hydrogen) atoms. The van der Waals surface area contributed by atoms with Crippen molar-refractivity contribution in [2.45, 2.75) is 13.0 Å². The zero-order valence-electron chi connectivity index (χ0n) is 17.4. The first-order chi connectivity index (χ1) is 15.3. The molecule has 0 spiro atoms. The lowest BCUT2D eigenvalue weighted by Gasteiger charge is -2.08. The fourth-order valence-electron chi connectivity index (χ4n) is 2.34. The smallest absolute Gasteiger partial charge is 0.222 e. The summed E-state index contributed by atoms with van der Waals surface area (Å²) < 4.78 is 21.2. The van der Waals surface area contributed by atoms with Crippen LogP contribution in [0.4, 0.5) is 0 Å². The predicted molar refractivity (Wildman–Crippen MR) is 112 cm³/mol. The lowest BCUT2D eigenvalue weighted by atomic mass is 10.1. The van der Waals surface area contributed by atoms with Crippen molar-refractivity contribution < 1.29 is 23.7 Å². The van der Waals surface area contributed by atoms with Gasteiger partial charge in [-0.25, -0.2) is 0 Å². The number of hydrogen-bond acceptors (Lipinski definition) is 9. The van der Waals surface area contributed by atoms with Crippen molar-refractivity contribution in [1.82, 2.24) is 25.7 Å². The molecular weight excluding hydrogens is 402 g/mol. The number of nitrogens with zero attached hydrogens (tertiary/aromatic N) is 4. The molecule has 10 nitrogen and oxygen atoms in total. The van der Waals surface area contributed by atoms with E-state index < -0.39 is 0 Å². The number of amides is 1. The summed E-state index contributed by atoms with van der Waals surface area (Å²) in [5.41, 5.74) is 1.78. The lowest BCUT2D eigenvalue weighted by Crippen LogP contribution is -2.24. The van der Waals surface area contributed by atoms with Crippen molar-refractivity contribution in [2.24, 2.45) is 0 Å². The molecule has 0 aliphatic heterocycles. The van der Waals surface area contributed by atoms with Crippen LogP contribution < -0.4 is 5.32 Å². The van der Waals surface area contributed by atoms with E-state index in [2.05, 4.69) is 31.6 Å². The second-order valence-electron chi connectivity index (χ2n) is 6.19. The molecule has 1 aromatic carbocycles. The molecule has 0 radical (unpaired) electrons. The van der Waals surface area contributed by atoms with Crippen molar-refractivity contribution in [3.63, 3.8) is 0 Å². The van der Waals surface area contributed by atoms with Crippen LogP contribution in [0.3, 0.4) is 0 Å². The van der Waals surface area contributed by atoms with E-state index in [0.29, 0.717) is 65.2 Å². The van der Waals surface area contributed by atoms with E-state index >= 15 is 0 Å². The van der Waals surface area contributed by atoms with Gasteiger partial charge in [0.25, 0.3) is 0 Å². The van der Waals surface area contributed by atoms with Crippen LogP contribution in [0.5, 0.6) is 0 Å². The Morgan fingerprint density at radius 2 is 1.45 bits per heavy atom. The second kappa shape index (κ2) is 15.8. The molecular formula is C21H27N5O5. The molecule has 1 amide bonds. The van der Waals surface area contributed by atoms with Crippen LogP contribution >= 0.6 is 0 Å². The minimum Gasteiger partial charge on any atom is -0.379 e. The van der Waals surface area contributed by atoms with Crippen molar-refractivity contribution in [3.8, 4) is 23.7 Å². The molecule has 0 atom stereocenters. The van der Waals surface area contributed by atoms with Gasteiger partial charge >= 0.3 is 0 Å². The first-order valence-corrected chi connectivity index (χ1v) is 9.90. The third-order valence-corrected chi connectivity index (χ3v) is 3.88. The predicted octanol–water partition coefficient (Wildman–Crippen LogP) is 0.640. The number of benzene rings is 1. The average Bonchev–Trinajstić information content (AvgIpc) is 2.81. The highest BCUT2D eigenvalue weighted by Gasteiger charge is 2.04. The summed E-state index contributed by atoms with van der Waals surface area (Å²) in [4.78, 5) is 11.9. The molecule has 2 rings (SSSR count). The van der Waals surface area contributed by atoms with Gasteiger partial charge in [0.05, 0.1) is 46.2 Å². The summed E-state index contributed by atoms with van der Waals surface area (Å²) in [6.07, 6.45) is 6.62. The Balaban J connectivity index is 1.44. The monoisotopic (exact) mass is 429 g/mol. The second-order valence-corrected chi connectivity index (χ2v) is 6.19. The third-order valence-electron chi connectivity index (χ3n) is 3.88. The zero-order chi connectivity index (χ0) is 22.0. The van der Waals surface area contributed by atoms with Crippen molar-refractivity contribution in [1.29, 1.82) is 0 Å². The average molecular weight is 429 g/mol. The molecule has 0 aliphatic carbocycles. The number of aromatic nitrogens is 4. The molecule has 0 fully saturated rings. The van der Waals surface area contributed by atoms with Crippen LogP contribution in [0.2, 0.25) is 0 Å². The van der Waals surface area contributed by atoms with Gasteiger partial charge in [-0.05, 0) is 5.56 Å². The van der Waals surface area contributed by atoms with Crippen LogP contribution in [0, 0.1) is 12.3 Å². The number of rotatable bonds is 16. The van der Waals surface area contributed by atoms with Gasteiger partial charge in [0, 0.05) is 18.5 Å². The Labute approximate surface area is 181 Å². The fraction of sp³-hybridized carbons (Fsp3) is 0.476. The molecule has 0 bridgehead atoms. The summed E-state index contributed by atoms with van der Waals surface area (Å²) in [5, 5.41) is 18.1. The number of carbonyl (C=O) groups is 1. The summed E-state index contributed by atoms with van der Waals surface area (Å²) in [6, 6.07) is 7.52. The van der Waals surface area contributed by atoms with Crippen LogP contribution in [-0.4, -0.2) is 79.2 Å².